The Hall–Kier alpha value is -0.860. The Balaban J connectivity index is 2.66. The van der Waals surface area contributed by atoms with Crippen LogP contribution >= 0.6 is 0 Å². The molecule has 0 aromatic rings. The predicted octanol–water partition coefficient (Wildman–Crippen LogP) is 7.50. The van der Waals surface area contributed by atoms with Crippen LogP contribution in [0.15, 0.2) is 0 Å². The highest BCUT2D eigenvalue weighted by atomic mass is 16.2. The van der Waals surface area contributed by atoms with Crippen LogP contribution in [0.5, 0.6) is 0 Å². The number of hydrogen-bond acceptors (Lipinski definition) is 2. The van der Waals surface area contributed by atoms with Crippen molar-refractivity contribution in [2.75, 3.05) is 0 Å². The topological polar surface area (TPSA) is 60.2 Å². The van der Waals surface area contributed by atoms with E-state index in [-0.39, 0.29) is 17.1 Å². The zero-order valence-electron chi connectivity index (χ0n) is 19.6. The van der Waals surface area contributed by atoms with Gasteiger partial charge < -0.3 is 5.73 Å². The van der Waals surface area contributed by atoms with Gasteiger partial charge in [0.05, 0.1) is 5.92 Å². The molecule has 1 unspecified atom stereocenters. The summed E-state index contributed by atoms with van der Waals surface area (Å²) in [7, 11) is 0. The molecule has 3 nitrogen and oxygen atoms in total. The van der Waals surface area contributed by atoms with Crippen molar-refractivity contribution in [2.24, 2.45) is 17.1 Å². The van der Waals surface area contributed by atoms with E-state index in [4.69, 9.17) is 5.73 Å². The maximum absolute atomic E-state index is 13.6. The van der Waals surface area contributed by atoms with E-state index in [1.165, 1.54) is 70.6 Å². The van der Waals surface area contributed by atoms with Crippen molar-refractivity contribution in [1.29, 1.82) is 0 Å². The smallest absolute Gasteiger partial charge is 0.228 e. The molecule has 1 aliphatic carbocycles. The van der Waals surface area contributed by atoms with Gasteiger partial charge in [-0.2, -0.15) is 0 Å². The van der Waals surface area contributed by atoms with Crippen LogP contribution in [-0.4, -0.2) is 11.7 Å². The Morgan fingerprint density at radius 1 is 0.724 bits per heavy atom. The largest absolute Gasteiger partial charge is 0.369 e. The molecule has 170 valence electrons. The van der Waals surface area contributed by atoms with Gasteiger partial charge >= 0.3 is 0 Å². The average Bonchev–Trinajstić information content (AvgIpc) is 2.96. The summed E-state index contributed by atoms with van der Waals surface area (Å²) in [6.45, 7) is 4.46. The van der Waals surface area contributed by atoms with Crippen molar-refractivity contribution in [3.63, 3.8) is 0 Å². The normalized spacial score (nSPS) is 17.6. The van der Waals surface area contributed by atoms with E-state index in [9.17, 15) is 9.59 Å². The third-order valence-electron chi connectivity index (χ3n) is 7.10. The molecule has 0 aromatic carbocycles. The number of primary amides is 1. The van der Waals surface area contributed by atoms with E-state index in [0.717, 1.165) is 51.4 Å². The van der Waals surface area contributed by atoms with Gasteiger partial charge in [-0.15, -0.1) is 0 Å². The Kier molecular flexibility index (Phi) is 14.4. The second-order valence-corrected chi connectivity index (χ2v) is 9.59. The van der Waals surface area contributed by atoms with Crippen LogP contribution in [0.2, 0.25) is 0 Å². The number of hydrogen-bond donors (Lipinski definition) is 1. The standard InChI is InChI=1S/C26H49NO2/c1-3-5-7-9-11-15-19-23(25(27)29)24(28)26(21-17-13-14-18-22-26)20-16-12-10-8-6-4-2/h23H,3-22H2,1-2H3,(H2,27,29). The summed E-state index contributed by atoms with van der Waals surface area (Å²) in [6.07, 6.45) is 22.8. The van der Waals surface area contributed by atoms with Gasteiger partial charge in [0.15, 0.2) is 5.78 Å². The third kappa shape index (κ3) is 10.1. The number of nitrogens with two attached hydrogens (primary N) is 1. The monoisotopic (exact) mass is 407 g/mol. The van der Waals surface area contributed by atoms with Gasteiger partial charge in [-0.05, 0) is 25.7 Å². The summed E-state index contributed by atoms with van der Waals surface area (Å²) < 4.78 is 0. The molecule has 0 radical (unpaired) electrons. The summed E-state index contributed by atoms with van der Waals surface area (Å²) in [5.41, 5.74) is 5.48. The Labute approximate surface area is 181 Å². The fourth-order valence-corrected chi connectivity index (χ4v) is 5.17. The molecule has 0 heterocycles. The number of unbranched alkanes of at least 4 members (excludes halogenated alkanes) is 10. The lowest BCUT2D eigenvalue weighted by Crippen LogP contribution is -2.41. The molecule has 0 saturated heterocycles. The number of amides is 1. The Morgan fingerprint density at radius 3 is 1.72 bits per heavy atom. The van der Waals surface area contributed by atoms with Crippen LogP contribution in [0.3, 0.4) is 0 Å². The van der Waals surface area contributed by atoms with Gasteiger partial charge in [0.2, 0.25) is 5.91 Å². The van der Waals surface area contributed by atoms with Gasteiger partial charge in [-0.25, -0.2) is 0 Å². The average molecular weight is 408 g/mol. The van der Waals surface area contributed by atoms with Gasteiger partial charge in [0.1, 0.15) is 0 Å². The fraction of sp³-hybridized carbons (Fsp3) is 0.923. The summed E-state index contributed by atoms with van der Waals surface area (Å²) in [5.74, 6) is -0.733. The summed E-state index contributed by atoms with van der Waals surface area (Å²) in [6, 6.07) is 0. The molecule has 0 spiro atoms. The quantitative estimate of drug-likeness (QED) is 0.154. The molecule has 0 aromatic heterocycles. The molecule has 0 aliphatic heterocycles. The first-order valence-corrected chi connectivity index (χ1v) is 12.9. The fourth-order valence-electron chi connectivity index (χ4n) is 5.17. The number of rotatable bonds is 17. The third-order valence-corrected chi connectivity index (χ3v) is 7.10. The van der Waals surface area contributed by atoms with Gasteiger partial charge in [0.25, 0.3) is 0 Å². The zero-order valence-corrected chi connectivity index (χ0v) is 19.6. The molecule has 1 atom stereocenters. The maximum atomic E-state index is 13.6. The van der Waals surface area contributed by atoms with E-state index in [1.54, 1.807) is 0 Å². The van der Waals surface area contributed by atoms with E-state index < -0.39 is 5.92 Å². The minimum atomic E-state index is -0.556. The van der Waals surface area contributed by atoms with Crippen LogP contribution < -0.4 is 5.73 Å². The Morgan fingerprint density at radius 2 is 1.21 bits per heavy atom. The molecule has 3 heteroatoms. The first-order valence-electron chi connectivity index (χ1n) is 12.9. The van der Waals surface area contributed by atoms with E-state index in [0.29, 0.717) is 6.42 Å². The molecular weight excluding hydrogens is 358 g/mol. The molecule has 1 aliphatic rings. The van der Waals surface area contributed by atoms with Crippen LogP contribution in [0.25, 0.3) is 0 Å². The lowest BCUT2D eigenvalue weighted by molar-refractivity contribution is -0.140. The highest BCUT2D eigenvalue weighted by Crippen LogP contribution is 2.43. The number of Topliss-reactive ketones (excluding diaryl/α,β-unsaturated/α-hetero) is 1. The van der Waals surface area contributed by atoms with Gasteiger partial charge in [0, 0.05) is 5.41 Å². The summed E-state index contributed by atoms with van der Waals surface area (Å²) in [4.78, 5) is 25.9. The van der Waals surface area contributed by atoms with E-state index in [2.05, 4.69) is 13.8 Å². The van der Waals surface area contributed by atoms with Crippen molar-refractivity contribution in [2.45, 2.75) is 142 Å². The summed E-state index contributed by atoms with van der Waals surface area (Å²) >= 11 is 0. The van der Waals surface area contributed by atoms with E-state index in [1.807, 2.05) is 0 Å². The number of ketones is 1. The molecule has 1 amide bonds. The van der Waals surface area contributed by atoms with Crippen molar-refractivity contribution >= 4 is 11.7 Å². The Bertz CT molecular complexity index is 438. The minimum absolute atomic E-state index is 0.203. The zero-order chi connectivity index (χ0) is 21.4. The molecule has 2 N–H and O–H groups in total. The van der Waals surface area contributed by atoms with Crippen LogP contribution in [0, 0.1) is 11.3 Å². The molecule has 0 bridgehead atoms. The van der Waals surface area contributed by atoms with Gasteiger partial charge in [-0.3, -0.25) is 9.59 Å². The summed E-state index contributed by atoms with van der Waals surface area (Å²) in [5, 5.41) is 0. The van der Waals surface area contributed by atoms with E-state index >= 15 is 0 Å². The first-order chi connectivity index (χ1) is 14.1. The van der Waals surface area contributed by atoms with Crippen molar-refractivity contribution in [3.8, 4) is 0 Å². The van der Waals surface area contributed by atoms with Crippen molar-refractivity contribution < 1.29 is 9.59 Å². The lowest BCUT2D eigenvalue weighted by Gasteiger charge is -2.34. The molecule has 1 rings (SSSR count). The maximum Gasteiger partial charge on any atom is 0.228 e. The molecule has 1 fully saturated rings. The lowest BCUT2D eigenvalue weighted by atomic mass is 9.68. The molecule has 29 heavy (non-hydrogen) atoms. The highest BCUT2D eigenvalue weighted by Gasteiger charge is 2.42. The van der Waals surface area contributed by atoms with Crippen LogP contribution in [-0.2, 0) is 9.59 Å². The number of carbonyl (C=O) groups is 2. The second kappa shape index (κ2) is 15.9. The molecule has 1 saturated carbocycles. The van der Waals surface area contributed by atoms with Gasteiger partial charge in [-0.1, -0.05) is 117 Å². The first kappa shape index (κ1) is 26.2. The van der Waals surface area contributed by atoms with Crippen LogP contribution in [0.1, 0.15) is 142 Å². The predicted molar refractivity (Wildman–Crippen MR) is 124 cm³/mol. The SMILES string of the molecule is CCCCCCCCC(C(N)=O)C(=O)C1(CCCCCCCC)CCCCCC1. The van der Waals surface area contributed by atoms with Crippen molar-refractivity contribution in [3.05, 3.63) is 0 Å². The number of carbonyl (C=O) groups excluding carboxylic acids is 2. The molecular formula is C26H49NO2. The second-order valence-electron chi connectivity index (χ2n) is 9.59. The minimum Gasteiger partial charge on any atom is -0.369 e. The van der Waals surface area contributed by atoms with Crippen LogP contribution in [0.4, 0.5) is 0 Å². The highest BCUT2D eigenvalue weighted by molar-refractivity contribution is 6.03. The van der Waals surface area contributed by atoms with Crippen molar-refractivity contribution in [1.82, 2.24) is 0 Å².